The van der Waals surface area contributed by atoms with Gasteiger partial charge in [-0.1, -0.05) is 177 Å². The number of pyridine rings is 1. The van der Waals surface area contributed by atoms with Gasteiger partial charge in [-0.25, -0.2) is 4.98 Å². The zero-order chi connectivity index (χ0) is 52.4. The van der Waals surface area contributed by atoms with E-state index in [0.717, 1.165) is 28.4 Å². The van der Waals surface area contributed by atoms with Gasteiger partial charge in [-0.2, -0.15) is 9.18 Å². The van der Waals surface area contributed by atoms with E-state index in [1.54, 1.807) is 0 Å². The number of hydrogen-bond donors (Lipinski definition) is 0. The van der Waals surface area contributed by atoms with Crippen molar-refractivity contribution in [1.29, 1.82) is 0 Å². The molecule has 0 radical (unpaired) electrons. The lowest BCUT2D eigenvalue weighted by Gasteiger charge is -2.40. The summed E-state index contributed by atoms with van der Waals surface area (Å²) < 4.78 is 10.8. The van der Waals surface area contributed by atoms with Gasteiger partial charge in [0, 0.05) is 59.4 Å². The molecule has 2 aliphatic heterocycles. The highest BCUT2D eigenvalue weighted by Gasteiger charge is 2.78. The molecule has 2 atom stereocenters. The molecule has 11 rings (SSSR count). The lowest BCUT2D eigenvalue weighted by Crippen LogP contribution is -2.46. The first-order valence-corrected chi connectivity index (χ1v) is 27.0. The number of ether oxygens (including phenoxy) is 1. The Morgan fingerprint density at radius 2 is 1.01 bits per heavy atom. The van der Waals surface area contributed by atoms with Crippen LogP contribution >= 0.6 is 0 Å². The largest absolute Gasteiger partial charge is 0.457 e. The van der Waals surface area contributed by atoms with Crippen LogP contribution in [0.1, 0.15) is 155 Å². The van der Waals surface area contributed by atoms with E-state index in [1.807, 2.05) is 6.20 Å². The average Bonchev–Trinajstić information content (AvgIpc) is 3.86. The maximum absolute atomic E-state index is 7.22. The van der Waals surface area contributed by atoms with Crippen molar-refractivity contribution in [2.45, 2.75) is 138 Å². The van der Waals surface area contributed by atoms with Crippen LogP contribution in [0.5, 0.6) is 11.5 Å². The van der Waals surface area contributed by atoms with Gasteiger partial charge in [-0.3, -0.25) is 4.57 Å². The third-order valence-corrected chi connectivity index (χ3v) is 16.1. The maximum atomic E-state index is 7.22. The summed E-state index contributed by atoms with van der Waals surface area (Å²) in [5.74, 6) is 3.65. The Morgan fingerprint density at radius 1 is 0.459 bits per heavy atom. The Labute approximate surface area is 441 Å². The first-order chi connectivity index (χ1) is 35.0. The van der Waals surface area contributed by atoms with Crippen LogP contribution in [0.15, 0.2) is 158 Å². The summed E-state index contributed by atoms with van der Waals surface area (Å²) in [6, 6.07) is 57.1. The molecule has 0 bridgehead atoms. The van der Waals surface area contributed by atoms with Crippen LogP contribution in [-0.4, -0.2) is 9.55 Å². The van der Waals surface area contributed by atoms with Gasteiger partial charge in [0.15, 0.2) is 18.0 Å². The predicted octanol–water partition coefficient (Wildman–Crippen LogP) is 19.9. The van der Waals surface area contributed by atoms with Gasteiger partial charge in [0.1, 0.15) is 17.3 Å². The van der Waals surface area contributed by atoms with Crippen molar-refractivity contribution in [3.8, 4) is 39.6 Å². The van der Waals surface area contributed by atoms with Crippen molar-refractivity contribution in [3.63, 3.8) is 0 Å². The van der Waals surface area contributed by atoms with Crippen molar-refractivity contribution in [3.05, 3.63) is 198 Å². The molecule has 7 aromatic carbocycles. The van der Waals surface area contributed by atoms with E-state index >= 15 is 0 Å². The number of nitrogens with zero attached hydrogens (tertiary/aromatic N) is 4. The van der Waals surface area contributed by atoms with Crippen molar-refractivity contribution < 1.29 is 4.74 Å². The molecule has 5 nitrogen and oxygen atoms in total. The Balaban J connectivity index is 1.07. The number of aromatic nitrogens is 2. The van der Waals surface area contributed by atoms with Gasteiger partial charge in [0.2, 0.25) is 11.4 Å². The highest BCUT2D eigenvalue weighted by molar-refractivity contribution is 6.10. The molecule has 1 unspecified atom stereocenters. The van der Waals surface area contributed by atoms with Crippen molar-refractivity contribution in [1.82, 2.24) is 18.7 Å². The number of hydrogen-bond acceptors (Lipinski definition) is 2. The van der Waals surface area contributed by atoms with Crippen molar-refractivity contribution in [2.75, 3.05) is 0 Å². The molecule has 2 aliphatic rings. The standard InChI is InChI=1S/C69H75N4O/c1-43(2)48-33-59(44(3)4)66(60(34-48)45(5)6)47-29-30-70-65(35-47)71-61-39-50(67(7,8)9)25-27-57(61)58-28-26-55(41-62(58)71)74-56-38-52(69(13,14)15)37-54(40-56)73-42-72(73,63-23-19-20-24-64(63)73)53-32-49(46-21-17-16-18-22-46)31-51(36-53)68(10,11)12/h16-45H,1-15H3/q+1/t72-,73?/m0/s1. The SMILES string of the molecule is CC(C)c1cc(C(C)C)c(-c2ccnc(-n3c4cc(Oc5cc(C(C)(C)C)cc([N+]67[CH-][N@+]6(c6cc(-c8ccccc8)cc(C(C)(C)C)c6)c6ccccc67)c5)ccc4c4ccc(C(C)(C)C)cc43)c2)c(C(C)C)c1. The van der Waals surface area contributed by atoms with E-state index < -0.39 is 0 Å². The molecule has 0 aliphatic carbocycles. The number of para-hydroxylation sites is 2. The van der Waals surface area contributed by atoms with Gasteiger partial charge in [-0.15, -0.1) is 0 Å². The summed E-state index contributed by atoms with van der Waals surface area (Å²) in [6.07, 6.45) is 2.01. The summed E-state index contributed by atoms with van der Waals surface area (Å²) in [5, 5.41) is 2.36. The van der Waals surface area contributed by atoms with Crippen LogP contribution in [-0.2, 0) is 16.2 Å². The molecule has 2 aromatic heterocycles. The van der Waals surface area contributed by atoms with Gasteiger partial charge in [-0.05, 0) is 126 Å². The van der Waals surface area contributed by atoms with E-state index in [9.17, 15) is 0 Å². The molecule has 0 amide bonds. The molecule has 1 fully saturated rings. The third kappa shape index (κ3) is 8.01. The van der Waals surface area contributed by atoms with E-state index in [2.05, 4.69) is 267 Å². The van der Waals surface area contributed by atoms with Gasteiger partial charge >= 0.3 is 0 Å². The second-order valence-electron chi connectivity index (χ2n) is 25.4. The minimum atomic E-state index is -0.146. The van der Waals surface area contributed by atoms with Crippen LogP contribution < -0.4 is 13.9 Å². The smallest absolute Gasteiger partial charge is 0.225 e. The van der Waals surface area contributed by atoms with Crippen molar-refractivity contribution in [2.24, 2.45) is 0 Å². The molecular formula is C69H75N4O+. The Hall–Kier alpha value is -6.79. The minimum absolute atomic E-state index is 0.0425. The van der Waals surface area contributed by atoms with Crippen LogP contribution in [0.25, 0.3) is 49.9 Å². The molecular weight excluding hydrogens is 901 g/mol. The molecule has 376 valence electrons. The van der Waals surface area contributed by atoms with E-state index in [0.29, 0.717) is 26.9 Å². The Bertz CT molecular complexity index is 3640. The number of benzene rings is 7. The van der Waals surface area contributed by atoms with Crippen LogP contribution in [0.4, 0.5) is 22.7 Å². The zero-order valence-electron chi connectivity index (χ0n) is 46.5. The second-order valence-corrected chi connectivity index (χ2v) is 25.4. The van der Waals surface area contributed by atoms with Gasteiger partial charge < -0.3 is 4.74 Å². The Kier molecular flexibility index (Phi) is 11.6. The molecule has 0 spiro atoms. The fraction of sp³-hybridized carbons (Fsp3) is 0.304. The highest BCUT2D eigenvalue weighted by Crippen LogP contribution is 2.75. The first kappa shape index (κ1) is 49.4. The molecule has 9 aromatic rings. The van der Waals surface area contributed by atoms with E-state index in [-0.39, 0.29) is 16.2 Å². The average molecular weight is 976 g/mol. The molecule has 0 saturated carbocycles. The number of rotatable bonds is 10. The molecule has 0 N–H and O–H groups in total. The zero-order valence-corrected chi connectivity index (χ0v) is 46.5. The topological polar surface area (TPSA) is 27.1 Å². The molecule has 5 heteroatoms. The van der Waals surface area contributed by atoms with Crippen LogP contribution in [0, 0.1) is 6.67 Å². The fourth-order valence-corrected chi connectivity index (χ4v) is 11.7. The van der Waals surface area contributed by atoms with Crippen molar-refractivity contribution >= 4 is 44.6 Å². The summed E-state index contributed by atoms with van der Waals surface area (Å²) in [4.78, 5) is 5.21. The fourth-order valence-electron chi connectivity index (χ4n) is 11.7. The Morgan fingerprint density at radius 3 is 1.59 bits per heavy atom. The minimum Gasteiger partial charge on any atom is -0.457 e. The quantitative estimate of drug-likeness (QED) is 0.0776. The summed E-state index contributed by atoms with van der Waals surface area (Å²) >= 11 is 0. The summed E-state index contributed by atoms with van der Waals surface area (Å²) in [7, 11) is 0. The normalized spacial score (nSPS) is 17.5. The van der Waals surface area contributed by atoms with Crippen LogP contribution in [0.3, 0.4) is 0 Å². The number of quaternary nitrogens is 2. The monoisotopic (exact) mass is 976 g/mol. The molecule has 1 saturated heterocycles. The molecule has 74 heavy (non-hydrogen) atoms. The van der Waals surface area contributed by atoms with Gasteiger partial charge in [0.05, 0.1) is 11.0 Å². The maximum Gasteiger partial charge on any atom is 0.225 e. The second kappa shape index (κ2) is 17.4. The first-order valence-electron chi connectivity index (χ1n) is 27.0. The van der Waals surface area contributed by atoms with Crippen LogP contribution in [0.2, 0.25) is 0 Å². The van der Waals surface area contributed by atoms with Gasteiger partial charge in [0.25, 0.3) is 0 Å². The van der Waals surface area contributed by atoms with E-state index in [4.69, 9.17) is 9.72 Å². The lowest BCUT2D eigenvalue weighted by molar-refractivity contribution is 0.421. The predicted molar refractivity (Wildman–Crippen MR) is 314 cm³/mol. The third-order valence-electron chi connectivity index (χ3n) is 16.1. The van der Waals surface area contributed by atoms with E-state index in [1.165, 1.54) is 89.2 Å². The number of fused-ring (bicyclic) bond motifs is 7. The molecule has 4 heterocycles. The lowest BCUT2D eigenvalue weighted by atomic mass is 9.82. The highest BCUT2D eigenvalue weighted by atomic mass is 16.5. The summed E-state index contributed by atoms with van der Waals surface area (Å²) in [6.45, 7) is 37.2. The summed E-state index contributed by atoms with van der Waals surface area (Å²) in [5.41, 5.74) is 20.0.